The van der Waals surface area contributed by atoms with Gasteiger partial charge in [0.2, 0.25) is 0 Å². The van der Waals surface area contributed by atoms with Gasteiger partial charge in [-0.3, -0.25) is 9.89 Å². The predicted octanol–water partition coefficient (Wildman–Crippen LogP) is 1.81. The van der Waals surface area contributed by atoms with E-state index >= 15 is 0 Å². The van der Waals surface area contributed by atoms with Crippen LogP contribution in [0.15, 0.2) is 18.5 Å². The first kappa shape index (κ1) is 14.6. The number of aromatic amines is 1. The summed E-state index contributed by atoms with van der Waals surface area (Å²) in [5.74, 6) is 1.53. The van der Waals surface area contributed by atoms with Gasteiger partial charge in [0.25, 0.3) is 5.91 Å². The van der Waals surface area contributed by atoms with Crippen molar-refractivity contribution >= 4 is 16.9 Å². The van der Waals surface area contributed by atoms with Crippen LogP contribution in [0.4, 0.5) is 0 Å². The molecule has 3 heterocycles. The summed E-state index contributed by atoms with van der Waals surface area (Å²) in [5, 5.41) is 10.6. The van der Waals surface area contributed by atoms with Crippen LogP contribution in [0, 0.1) is 11.8 Å². The van der Waals surface area contributed by atoms with Crippen LogP contribution in [0.2, 0.25) is 0 Å². The summed E-state index contributed by atoms with van der Waals surface area (Å²) in [6.07, 6.45) is 8.52. The van der Waals surface area contributed by atoms with Crippen LogP contribution in [0.5, 0.6) is 0 Å². The lowest BCUT2D eigenvalue weighted by atomic mass is 9.96. The third kappa shape index (κ3) is 3.37. The Labute approximate surface area is 135 Å². The summed E-state index contributed by atoms with van der Waals surface area (Å²) in [5.41, 5.74) is 1.31. The van der Waals surface area contributed by atoms with Crippen molar-refractivity contribution in [1.29, 1.82) is 0 Å². The molecule has 1 saturated heterocycles. The zero-order valence-electron chi connectivity index (χ0n) is 13.3. The first-order valence-corrected chi connectivity index (χ1v) is 8.58. The number of H-pyrrole nitrogens is 1. The third-order valence-corrected chi connectivity index (χ3v) is 5.07. The minimum atomic E-state index is -0.0285. The number of hydrogen-bond donors (Lipinski definition) is 2. The summed E-state index contributed by atoms with van der Waals surface area (Å²) < 4.78 is 0. The molecule has 4 rings (SSSR count). The van der Waals surface area contributed by atoms with Crippen molar-refractivity contribution < 1.29 is 4.79 Å². The second-order valence-corrected chi connectivity index (χ2v) is 6.89. The highest BCUT2D eigenvalue weighted by Crippen LogP contribution is 2.31. The van der Waals surface area contributed by atoms with Gasteiger partial charge in [-0.25, -0.2) is 4.98 Å². The number of likely N-dealkylation sites (tertiary alicyclic amines) is 1. The Morgan fingerprint density at radius 2 is 2.09 bits per heavy atom. The van der Waals surface area contributed by atoms with E-state index in [1.807, 2.05) is 0 Å². The molecule has 0 unspecified atom stereocenters. The standard InChI is InChI=1S/C17H23N5O/c23-17(14-3-6-18-16-15(14)10-20-21-16)19-9-12-4-7-22(8-5-12)11-13-1-2-13/h3,6,10,12-13H,1-2,4-5,7-9,11H2,(H,19,23)(H,18,20,21). The largest absolute Gasteiger partial charge is 0.352 e. The first-order valence-electron chi connectivity index (χ1n) is 8.58. The lowest BCUT2D eigenvalue weighted by Gasteiger charge is -2.32. The van der Waals surface area contributed by atoms with Gasteiger partial charge in [0, 0.05) is 19.3 Å². The molecule has 2 fully saturated rings. The van der Waals surface area contributed by atoms with E-state index in [-0.39, 0.29) is 5.91 Å². The number of nitrogens with zero attached hydrogens (tertiary/aromatic N) is 3. The molecule has 1 aliphatic carbocycles. The second-order valence-electron chi connectivity index (χ2n) is 6.89. The summed E-state index contributed by atoms with van der Waals surface area (Å²) in [4.78, 5) is 19.2. The molecule has 23 heavy (non-hydrogen) atoms. The van der Waals surface area contributed by atoms with E-state index in [0.29, 0.717) is 17.1 Å². The maximum atomic E-state index is 12.4. The van der Waals surface area contributed by atoms with Gasteiger partial charge in [-0.1, -0.05) is 0 Å². The number of rotatable bonds is 5. The van der Waals surface area contributed by atoms with E-state index in [1.165, 1.54) is 45.3 Å². The fraction of sp³-hybridized carbons (Fsp3) is 0.588. The van der Waals surface area contributed by atoms with Gasteiger partial charge in [-0.2, -0.15) is 5.10 Å². The maximum absolute atomic E-state index is 12.4. The number of carbonyl (C=O) groups is 1. The van der Waals surface area contributed by atoms with Crippen LogP contribution < -0.4 is 5.32 Å². The highest BCUT2D eigenvalue weighted by Gasteiger charge is 2.27. The summed E-state index contributed by atoms with van der Waals surface area (Å²) in [7, 11) is 0. The molecule has 122 valence electrons. The van der Waals surface area contributed by atoms with Crippen molar-refractivity contribution in [3.8, 4) is 0 Å². The van der Waals surface area contributed by atoms with Crippen molar-refractivity contribution in [2.24, 2.45) is 11.8 Å². The van der Waals surface area contributed by atoms with Crippen LogP contribution in [-0.2, 0) is 0 Å². The Morgan fingerprint density at radius 3 is 2.87 bits per heavy atom. The van der Waals surface area contributed by atoms with Crippen LogP contribution >= 0.6 is 0 Å². The van der Waals surface area contributed by atoms with Gasteiger partial charge in [-0.15, -0.1) is 0 Å². The van der Waals surface area contributed by atoms with Gasteiger partial charge in [-0.05, 0) is 56.7 Å². The summed E-state index contributed by atoms with van der Waals surface area (Å²) in [6, 6.07) is 1.76. The predicted molar refractivity (Wildman–Crippen MR) is 88.1 cm³/mol. The minimum absolute atomic E-state index is 0.0285. The van der Waals surface area contributed by atoms with Gasteiger partial charge in [0.15, 0.2) is 5.65 Å². The Balaban J connectivity index is 1.29. The molecule has 1 aliphatic heterocycles. The van der Waals surface area contributed by atoms with E-state index in [9.17, 15) is 4.79 Å². The lowest BCUT2D eigenvalue weighted by Crippen LogP contribution is -2.39. The molecule has 2 aromatic heterocycles. The highest BCUT2D eigenvalue weighted by molar-refractivity contribution is 6.05. The number of amides is 1. The Morgan fingerprint density at radius 1 is 1.26 bits per heavy atom. The van der Waals surface area contributed by atoms with Crippen molar-refractivity contribution in [3.63, 3.8) is 0 Å². The number of hydrogen-bond acceptors (Lipinski definition) is 4. The molecule has 1 amide bonds. The number of aromatic nitrogens is 3. The van der Waals surface area contributed by atoms with E-state index in [2.05, 4.69) is 25.4 Å². The number of pyridine rings is 1. The van der Waals surface area contributed by atoms with Gasteiger partial charge in [0.05, 0.1) is 17.1 Å². The molecule has 6 nitrogen and oxygen atoms in total. The zero-order valence-corrected chi connectivity index (χ0v) is 13.3. The van der Waals surface area contributed by atoms with Crippen LogP contribution in [-0.4, -0.2) is 52.2 Å². The Bertz CT molecular complexity index is 685. The van der Waals surface area contributed by atoms with Crippen molar-refractivity contribution in [3.05, 3.63) is 24.0 Å². The average Bonchev–Trinajstić information content (AvgIpc) is 3.26. The van der Waals surface area contributed by atoms with Crippen LogP contribution in [0.3, 0.4) is 0 Å². The van der Waals surface area contributed by atoms with Gasteiger partial charge < -0.3 is 10.2 Å². The molecule has 0 bridgehead atoms. The topological polar surface area (TPSA) is 73.9 Å². The SMILES string of the molecule is O=C(NCC1CCN(CC2CC2)CC1)c1ccnc2[nH]ncc12. The van der Waals surface area contributed by atoms with Crippen LogP contribution in [0.25, 0.3) is 11.0 Å². The number of nitrogens with one attached hydrogen (secondary N) is 2. The molecular weight excluding hydrogens is 290 g/mol. The van der Waals surface area contributed by atoms with Gasteiger partial charge >= 0.3 is 0 Å². The van der Waals surface area contributed by atoms with Gasteiger partial charge in [0.1, 0.15) is 0 Å². The lowest BCUT2D eigenvalue weighted by molar-refractivity contribution is 0.0937. The Kier molecular flexibility index (Phi) is 3.99. The van der Waals surface area contributed by atoms with E-state index in [0.717, 1.165) is 17.8 Å². The third-order valence-electron chi connectivity index (χ3n) is 5.07. The summed E-state index contributed by atoms with van der Waals surface area (Å²) in [6.45, 7) is 4.41. The van der Waals surface area contributed by atoms with E-state index < -0.39 is 0 Å². The molecule has 6 heteroatoms. The first-order chi connectivity index (χ1) is 11.3. The van der Waals surface area contributed by atoms with Crippen molar-refractivity contribution in [1.82, 2.24) is 25.4 Å². The normalized spacial score (nSPS) is 20.0. The van der Waals surface area contributed by atoms with Crippen molar-refractivity contribution in [2.45, 2.75) is 25.7 Å². The highest BCUT2D eigenvalue weighted by atomic mass is 16.1. The fourth-order valence-corrected chi connectivity index (χ4v) is 3.42. The molecule has 2 N–H and O–H groups in total. The zero-order chi connectivity index (χ0) is 15.6. The summed E-state index contributed by atoms with van der Waals surface area (Å²) >= 11 is 0. The number of piperidine rings is 1. The van der Waals surface area contributed by atoms with Crippen molar-refractivity contribution in [2.75, 3.05) is 26.2 Å². The minimum Gasteiger partial charge on any atom is -0.352 e. The number of carbonyl (C=O) groups excluding carboxylic acids is 1. The van der Waals surface area contributed by atoms with Crippen LogP contribution in [0.1, 0.15) is 36.0 Å². The van der Waals surface area contributed by atoms with E-state index in [1.54, 1.807) is 18.5 Å². The smallest absolute Gasteiger partial charge is 0.252 e. The molecule has 1 saturated carbocycles. The Hall–Kier alpha value is -1.95. The molecule has 2 aromatic rings. The molecule has 0 radical (unpaired) electrons. The number of fused-ring (bicyclic) bond motifs is 1. The quantitative estimate of drug-likeness (QED) is 0.883. The monoisotopic (exact) mass is 313 g/mol. The fourth-order valence-electron chi connectivity index (χ4n) is 3.42. The average molecular weight is 313 g/mol. The molecule has 2 aliphatic rings. The molecule has 0 atom stereocenters. The maximum Gasteiger partial charge on any atom is 0.252 e. The molecule has 0 spiro atoms. The van der Waals surface area contributed by atoms with E-state index in [4.69, 9.17) is 0 Å². The molecular formula is C17H23N5O. The molecule has 0 aromatic carbocycles. The second kappa shape index (κ2) is 6.28.